The zero-order chi connectivity index (χ0) is 13.7. The van der Waals surface area contributed by atoms with Crippen LogP contribution in [0.15, 0.2) is 6.33 Å². The van der Waals surface area contributed by atoms with Crippen LogP contribution in [0, 0.1) is 5.92 Å². The second kappa shape index (κ2) is 7.01. The minimum Gasteiger partial charge on any atom is -0.321 e. The fourth-order valence-corrected chi connectivity index (χ4v) is 2.88. The molecule has 1 atom stereocenters. The molecule has 1 saturated heterocycles. The van der Waals surface area contributed by atoms with Gasteiger partial charge in [-0.2, -0.15) is 0 Å². The summed E-state index contributed by atoms with van der Waals surface area (Å²) in [6, 6.07) is 0.604. The van der Waals surface area contributed by atoms with Crippen LogP contribution >= 0.6 is 0 Å². The van der Waals surface area contributed by atoms with E-state index in [9.17, 15) is 0 Å². The molecule has 0 aliphatic carbocycles. The number of nitrogens with one attached hydrogen (secondary N) is 1. The van der Waals surface area contributed by atoms with Crippen molar-refractivity contribution in [1.29, 1.82) is 0 Å². The lowest BCUT2D eigenvalue weighted by Gasteiger charge is -2.34. The van der Waals surface area contributed by atoms with Crippen LogP contribution in [-0.4, -0.2) is 51.9 Å². The molecule has 0 aromatic carbocycles. The zero-order valence-corrected chi connectivity index (χ0v) is 12.5. The van der Waals surface area contributed by atoms with Gasteiger partial charge in [-0.15, -0.1) is 10.2 Å². The molecule has 1 aliphatic rings. The van der Waals surface area contributed by atoms with Crippen LogP contribution in [0.3, 0.4) is 0 Å². The summed E-state index contributed by atoms with van der Waals surface area (Å²) in [5.41, 5.74) is 0. The summed E-state index contributed by atoms with van der Waals surface area (Å²) in [5, 5.41) is 11.7. The summed E-state index contributed by atoms with van der Waals surface area (Å²) in [6.45, 7) is 9.28. The van der Waals surface area contributed by atoms with Gasteiger partial charge in [0.1, 0.15) is 12.2 Å². The lowest BCUT2D eigenvalue weighted by atomic mass is 9.90. The Bertz CT molecular complexity index is 368. The van der Waals surface area contributed by atoms with Crippen molar-refractivity contribution in [3.05, 3.63) is 12.2 Å². The molecule has 0 radical (unpaired) electrons. The van der Waals surface area contributed by atoms with Gasteiger partial charge in [-0.25, -0.2) is 0 Å². The Labute approximate surface area is 116 Å². The highest BCUT2D eigenvalue weighted by Gasteiger charge is 2.22. The summed E-state index contributed by atoms with van der Waals surface area (Å²) in [7, 11) is 2.00. The van der Waals surface area contributed by atoms with E-state index in [1.54, 1.807) is 6.33 Å². The molecule has 108 valence electrons. The Morgan fingerprint density at radius 3 is 2.74 bits per heavy atom. The topological polar surface area (TPSA) is 46.0 Å². The van der Waals surface area contributed by atoms with Crippen LogP contribution in [0.5, 0.6) is 0 Å². The van der Waals surface area contributed by atoms with Gasteiger partial charge in [0.2, 0.25) is 0 Å². The van der Waals surface area contributed by atoms with Gasteiger partial charge in [-0.05, 0) is 45.3 Å². The molecule has 1 fully saturated rings. The summed E-state index contributed by atoms with van der Waals surface area (Å²) in [5.74, 6) is 1.88. The predicted octanol–water partition coefficient (Wildman–Crippen LogP) is 1.07. The second-order valence-electron chi connectivity index (χ2n) is 5.62. The average molecular weight is 265 g/mol. The molecule has 2 heterocycles. The molecule has 0 amide bonds. The number of rotatable bonds is 6. The fourth-order valence-electron chi connectivity index (χ4n) is 2.88. The first-order valence-corrected chi connectivity index (χ1v) is 7.49. The van der Waals surface area contributed by atoms with E-state index in [4.69, 9.17) is 0 Å². The van der Waals surface area contributed by atoms with Crippen LogP contribution in [-0.2, 0) is 13.5 Å². The van der Waals surface area contributed by atoms with Gasteiger partial charge in [-0.1, -0.05) is 6.92 Å². The van der Waals surface area contributed by atoms with Gasteiger partial charge >= 0.3 is 0 Å². The van der Waals surface area contributed by atoms with Crippen LogP contribution in [0.25, 0.3) is 0 Å². The molecular formula is C14H27N5. The van der Waals surface area contributed by atoms with Gasteiger partial charge in [0.15, 0.2) is 0 Å². The molecule has 19 heavy (non-hydrogen) atoms. The molecule has 0 bridgehead atoms. The third-order valence-electron chi connectivity index (χ3n) is 4.41. The maximum absolute atomic E-state index is 4.11. The Morgan fingerprint density at radius 2 is 2.16 bits per heavy atom. The SMILES string of the molecule is CCN1CCC(C(C)NCCc2nncn2C)CC1. The molecule has 0 spiro atoms. The van der Waals surface area contributed by atoms with Crippen molar-refractivity contribution in [2.45, 2.75) is 39.2 Å². The van der Waals surface area contributed by atoms with E-state index in [0.717, 1.165) is 24.7 Å². The molecule has 1 unspecified atom stereocenters. The number of hydrogen-bond acceptors (Lipinski definition) is 4. The summed E-state index contributed by atoms with van der Waals surface area (Å²) in [4.78, 5) is 2.54. The number of piperidine rings is 1. The van der Waals surface area contributed by atoms with Gasteiger partial charge in [0.25, 0.3) is 0 Å². The number of aromatic nitrogens is 3. The average Bonchev–Trinajstić information content (AvgIpc) is 2.84. The fraction of sp³-hybridized carbons (Fsp3) is 0.857. The highest BCUT2D eigenvalue weighted by Crippen LogP contribution is 2.20. The molecule has 1 aromatic heterocycles. The van der Waals surface area contributed by atoms with Crippen molar-refractivity contribution in [3.8, 4) is 0 Å². The molecule has 0 saturated carbocycles. The number of hydrogen-bond donors (Lipinski definition) is 1. The van der Waals surface area contributed by atoms with Crippen LogP contribution in [0.4, 0.5) is 0 Å². The largest absolute Gasteiger partial charge is 0.321 e. The second-order valence-corrected chi connectivity index (χ2v) is 5.62. The first-order valence-electron chi connectivity index (χ1n) is 7.49. The first kappa shape index (κ1) is 14.5. The van der Waals surface area contributed by atoms with E-state index in [1.807, 2.05) is 11.6 Å². The number of aryl methyl sites for hydroxylation is 1. The number of likely N-dealkylation sites (tertiary alicyclic amines) is 1. The third kappa shape index (κ3) is 4.01. The van der Waals surface area contributed by atoms with Gasteiger partial charge in [0.05, 0.1) is 0 Å². The van der Waals surface area contributed by atoms with Crippen molar-refractivity contribution in [2.75, 3.05) is 26.2 Å². The molecular weight excluding hydrogens is 238 g/mol. The zero-order valence-electron chi connectivity index (χ0n) is 12.5. The van der Waals surface area contributed by atoms with E-state index in [-0.39, 0.29) is 0 Å². The van der Waals surface area contributed by atoms with Crippen molar-refractivity contribution in [1.82, 2.24) is 25.0 Å². The number of nitrogens with zero attached hydrogens (tertiary/aromatic N) is 4. The Morgan fingerprint density at radius 1 is 1.42 bits per heavy atom. The lowest BCUT2D eigenvalue weighted by molar-refractivity contribution is 0.169. The summed E-state index contributed by atoms with van der Waals surface area (Å²) < 4.78 is 1.99. The van der Waals surface area contributed by atoms with Crippen molar-refractivity contribution in [3.63, 3.8) is 0 Å². The highest BCUT2D eigenvalue weighted by atomic mass is 15.2. The maximum atomic E-state index is 4.11. The lowest BCUT2D eigenvalue weighted by Crippen LogP contribution is -2.42. The normalized spacial score (nSPS) is 19.7. The quantitative estimate of drug-likeness (QED) is 0.836. The predicted molar refractivity (Wildman–Crippen MR) is 77.0 cm³/mol. The Balaban J connectivity index is 1.67. The van der Waals surface area contributed by atoms with Crippen molar-refractivity contribution >= 4 is 0 Å². The molecule has 1 N–H and O–H groups in total. The van der Waals surface area contributed by atoms with E-state index in [0.29, 0.717) is 6.04 Å². The standard InChI is InChI=1S/C14H27N5/c1-4-19-9-6-13(7-10-19)12(2)15-8-5-14-17-16-11-18(14)3/h11-13,15H,4-10H2,1-3H3. The maximum Gasteiger partial charge on any atom is 0.133 e. The third-order valence-corrected chi connectivity index (χ3v) is 4.41. The van der Waals surface area contributed by atoms with Gasteiger partial charge < -0.3 is 14.8 Å². The van der Waals surface area contributed by atoms with Crippen LogP contribution in [0.2, 0.25) is 0 Å². The van der Waals surface area contributed by atoms with E-state index < -0.39 is 0 Å². The van der Waals surface area contributed by atoms with Crippen LogP contribution in [0.1, 0.15) is 32.5 Å². The van der Waals surface area contributed by atoms with Crippen molar-refractivity contribution < 1.29 is 0 Å². The molecule has 5 heteroatoms. The van der Waals surface area contributed by atoms with Crippen LogP contribution < -0.4 is 5.32 Å². The molecule has 1 aliphatic heterocycles. The Hall–Kier alpha value is -0.940. The monoisotopic (exact) mass is 265 g/mol. The first-order chi connectivity index (χ1) is 9.20. The summed E-state index contributed by atoms with van der Waals surface area (Å²) in [6.07, 6.45) is 5.37. The highest BCUT2D eigenvalue weighted by molar-refractivity contribution is 4.86. The van der Waals surface area contributed by atoms with E-state index >= 15 is 0 Å². The van der Waals surface area contributed by atoms with Gasteiger partial charge in [0, 0.05) is 26.1 Å². The van der Waals surface area contributed by atoms with Gasteiger partial charge in [-0.3, -0.25) is 0 Å². The van der Waals surface area contributed by atoms with E-state index in [2.05, 4.69) is 34.3 Å². The van der Waals surface area contributed by atoms with Crippen molar-refractivity contribution in [2.24, 2.45) is 13.0 Å². The smallest absolute Gasteiger partial charge is 0.133 e. The van der Waals surface area contributed by atoms with E-state index in [1.165, 1.54) is 32.5 Å². The minimum atomic E-state index is 0.604. The molecule has 1 aromatic rings. The Kier molecular flexibility index (Phi) is 5.34. The minimum absolute atomic E-state index is 0.604. The summed E-state index contributed by atoms with van der Waals surface area (Å²) >= 11 is 0. The molecule has 2 rings (SSSR count). The molecule has 5 nitrogen and oxygen atoms in total.